The number of rotatable bonds is 4. The summed E-state index contributed by atoms with van der Waals surface area (Å²) in [4.78, 5) is 33.3. The standard InChI is InChI=1S/C25H25ClF4N4O3/c1-11-9-34(10-12(2)37-11)24(36)15-5-19(26)22(20(27)6-15)31-13(3)16-7-17-21(8-18(16)25(28,29)30)32-14(4)33-23(17)35/h5-8,11-13,31H,9-10H2,1-4H3,(H,32,33,35)/t11-,12+,13-/m0/s1. The molecule has 198 valence electrons. The monoisotopic (exact) mass is 540 g/mol. The van der Waals surface area contributed by atoms with Crippen molar-refractivity contribution in [3.63, 3.8) is 0 Å². The van der Waals surface area contributed by atoms with Crippen LogP contribution < -0.4 is 10.9 Å². The number of alkyl halides is 3. The minimum Gasteiger partial charge on any atom is -0.375 e. The predicted octanol–water partition coefficient (Wildman–Crippen LogP) is 5.47. The van der Waals surface area contributed by atoms with Gasteiger partial charge in [-0.2, -0.15) is 13.2 Å². The highest BCUT2D eigenvalue weighted by Gasteiger charge is 2.36. The summed E-state index contributed by atoms with van der Waals surface area (Å²) in [5.41, 5.74) is -2.26. The van der Waals surface area contributed by atoms with E-state index in [0.29, 0.717) is 13.1 Å². The third-order valence-corrected chi connectivity index (χ3v) is 6.42. The normalized spacial score (nSPS) is 19.2. The number of nitrogens with zero attached hydrogens (tertiary/aromatic N) is 2. The molecule has 1 fully saturated rings. The van der Waals surface area contributed by atoms with Crippen molar-refractivity contribution >= 4 is 34.1 Å². The topological polar surface area (TPSA) is 87.3 Å². The van der Waals surface area contributed by atoms with Gasteiger partial charge in [-0.25, -0.2) is 9.37 Å². The zero-order valence-electron chi connectivity index (χ0n) is 20.5. The van der Waals surface area contributed by atoms with Crippen molar-refractivity contribution < 1.29 is 27.1 Å². The first kappa shape index (κ1) is 26.9. The summed E-state index contributed by atoms with van der Waals surface area (Å²) in [6.45, 7) is 7.16. The zero-order valence-corrected chi connectivity index (χ0v) is 21.2. The number of carbonyl (C=O) groups is 1. The molecule has 3 atom stereocenters. The van der Waals surface area contributed by atoms with Gasteiger partial charge in [-0.3, -0.25) is 9.59 Å². The van der Waals surface area contributed by atoms with Gasteiger partial charge in [0.1, 0.15) is 11.6 Å². The number of anilines is 1. The molecule has 1 aromatic heterocycles. The Hall–Kier alpha value is -3.18. The molecular weight excluding hydrogens is 516 g/mol. The number of halogens is 5. The van der Waals surface area contributed by atoms with Crippen LogP contribution in [0.3, 0.4) is 0 Å². The molecule has 7 nitrogen and oxygen atoms in total. The van der Waals surface area contributed by atoms with E-state index in [-0.39, 0.29) is 50.8 Å². The van der Waals surface area contributed by atoms with Gasteiger partial charge in [0.05, 0.1) is 39.4 Å². The van der Waals surface area contributed by atoms with Crippen molar-refractivity contribution in [3.05, 3.63) is 68.0 Å². The van der Waals surface area contributed by atoms with Crippen molar-refractivity contribution in [1.29, 1.82) is 0 Å². The van der Waals surface area contributed by atoms with Crippen LogP contribution >= 0.6 is 11.6 Å². The average Bonchev–Trinajstić information content (AvgIpc) is 2.78. The summed E-state index contributed by atoms with van der Waals surface area (Å²) in [5, 5.41) is 2.47. The third-order valence-electron chi connectivity index (χ3n) is 6.12. The maximum Gasteiger partial charge on any atom is 0.416 e. The van der Waals surface area contributed by atoms with Gasteiger partial charge in [0.2, 0.25) is 0 Å². The van der Waals surface area contributed by atoms with Gasteiger partial charge >= 0.3 is 6.18 Å². The van der Waals surface area contributed by atoms with E-state index in [2.05, 4.69) is 15.3 Å². The Morgan fingerprint density at radius 2 is 1.86 bits per heavy atom. The van der Waals surface area contributed by atoms with Gasteiger partial charge in [0, 0.05) is 24.7 Å². The van der Waals surface area contributed by atoms with Crippen LogP contribution in [0.5, 0.6) is 0 Å². The minimum atomic E-state index is -4.76. The van der Waals surface area contributed by atoms with E-state index >= 15 is 4.39 Å². The lowest BCUT2D eigenvalue weighted by molar-refractivity contribution is -0.138. The fourth-order valence-corrected chi connectivity index (χ4v) is 4.84. The number of ether oxygens (including phenoxy) is 1. The lowest BCUT2D eigenvalue weighted by atomic mass is 9.98. The number of morpholine rings is 1. The SMILES string of the molecule is Cc1nc2cc(C(F)(F)F)c([C@H](C)Nc3c(F)cc(C(=O)N4C[C@@H](C)O[C@@H](C)C4)cc3Cl)cc2c(=O)[nH]1. The summed E-state index contributed by atoms with van der Waals surface area (Å²) in [6.07, 6.45) is -5.14. The molecule has 3 aromatic rings. The van der Waals surface area contributed by atoms with E-state index in [4.69, 9.17) is 16.3 Å². The maximum absolute atomic E-state index is 15.1. The van der Waals surface area contributed by atoms with Crippen molar-refractivity contribution in [3.8, 4) is 0 Å². The average molecular weight is 541 g/mol. The number of carbonyl (C=O) groups excluding carboxylic acids is 1. The van der Waals surface area contributed by atoms with E-state index in [1.54, 1.807) is 0 Å². The Kier molecular flexibility index (Phi) is 7.22. The van der Waals surface area contributed by atoms with Crippen LogP contribution in [-0.2, 0) is 10.9 Å². The van der Waals surface area contributed by atoms with Crippen LogP contribution in [0.25, 0.3) is 10.9 Å². The van der Waals surface area contributed by atoms with Crippen LogP contribution in [0.15, 0.2) is 29.1 Å². The molecule has 2 N–H and O–H groups in total. The molecule has 2 aromatic carbocycles. The fourth-order valence-electron chi connectivity index (χ4n) is 4.58. The Bertz CT molecular complexity index is 1390. The maximum atomic E-state index is 15.1. The van der Waals surface area contributed by atoms with Crippen molar-refractivity contribution in [2.24, 2.45) is 0 Å². The third kappa shape index (κ3) is 5.57. The number of nitrogens with one attached hydrogen (secondary N) is 2. The first-order valence-corrected chi connectivity index (χ1v) is 11.9. The summed E-state index contributed by atoms with van der Waals surface area (Å²) in [6, 6.07) is 3.04. The molecule has 0 saturated carbocycles. The summed E-state index contributed by atoms with van der Waals surface area (Å²) >= 11 is 6.29. The van der Waals surface area contributed by atoms with Gasteiger partial charge in [-0.15, -0.1) is 0 Å². The van der Waals surface area contributed by atoms with Crippen molar-refractivity contribution in [2.45, 2.75) is 52.1 Å². The van der Waals surface area contributed by atoms with Crippen molar-refractivity contribution in [2.75, 3.05) is 18.4 Å². The number of H-pyrrole nitrogens is 1. The van der Waals surface area contributed by atoms with Crippen LogP contribution in [0, 0.1) is 12.7 Å². The largest absolute Gasteiger partial charge is 0.416 e. The lowest BCUT2D eigenvalue weighted by Crippen LogP contribution is -2.48. The number of fused-ring (bicyclic) bond motifs is 1. The van der Waals surface area contributed by atoms with Crippen LogP contribution in [0.2, 0.25) is 5.02 Å². The smallest absolute Gasteiger partial charge is 0.375 e. The molecule has 2 heterocycles. The zero-order chi connectivity index (χ0) is 27.2. The second kappa shape index (κ2) is 9.94. The summed E-state index contributed by atoms with van der Waals surface area (Å²) in [7, 11) is 0. The number of benzene rings is 2. The van der Waals surface area contributed by atoms with Crippen LogP contribution in [0.4, 0.5) is 23.2 Å². The molecule has 1 aliphatic heterocycles. The van der Waals surface area contributed by atoms with Gasteiger partial charge < -0.3 is 19.9 Å². The number of hydrogen-bond donors (Lipinski definition) is 2. The van der Waals surface area contributed by atoms with Gasteiger partial charge in [-0.05, 0) is 57.5 Å². The number of aryl methyl sites for hydroxylation is 1. The first-order chi connectivity index (χ1) is 17.2. The highest BCUT2D eigenvalue weighted by Crippen LogP contribution is 2.38. The molecule has 0 radical (unpaired) electrons. The molecule has 1 amide bonds. The van der Waals surface area contributed by atoms with E-state index < -0.39 is 35.1 Å². The van der Waals surface area contributed by atoms with E-state index in [0.717, 1.165) is 18.2 Å². The van der Waals surface area contributed by atoms with Gasteiger partial charge in [0.25, 0.3) is 11.5 Å². The lowest BCUT2D eigenvalue weighted by Gasteiger charge is -2.35. The Morgan fingerprint density at radius 1 is 1.22 bits per heavy atom. The Balaban J connectivity index is 1.68. The highest BCUT2D eigenvalue weighted by molar-refractivity contribution is 6.33. The Labute approximate surface area is 214 Å². The predicted molar refractivity (Wildman–Crippen MR) is 131 cm³/mol. The number of amides is 1. The number of aromatic nitrogens is 2. The number of aromatic amines is 1. The fraction of sp³-hybridized carbons (Fsp3) is 0.400. The molecule has 0 spiro atoms. The molecule has 0 unspecified atom stereocenters. The van der Waals surface area contributed by atoms with Crippen LogP contribution in [0.1, 0.15) is 54.1 Å². The second-order valence-corrected chi connectivity index (χ2v) is 9.66. The Morgan fingerprint density at radius 3 is 2.46 bits per heavy atom. The first-order valence-electron chi connectivity index (χ1n) is 11.6. The minimum absolute atomic E-state index is 0.0108. The van der Waals surface area contributed by atoms with E-state index in [1.807, 2.05) is 13.8 Å². The van der Waals surface area contributed by atoms with Gasteiger partial charge in [-0.1, -0.05) is 11.6 Å². The van der Waals surface area contributed by atoms with Crippen LogP contribution in [-0.4, -0.2) is 46.1 Å². The molecule has 0 bridgehead atoms. The molecule has 12 heteroatoms. The van der Waals surface area contributed by atoms with E-state index in [9.17, 15) is 22.8 Å². The quantitative estimate of drug-likeness (QED) is 0.429. The number of hydrogen-bond acceptors (Lipinski definition) is 5. The summed E-state index contributed by atoms with van der Waals surface area (Å²) in [5.74, 6) is -1.16. The second-order valence-electron chi connectivity index (χ2n) is 9.25. The molecule has 0 aliphatic carbocycles. The molecule has 1 saturated heterocycles. The van der Waals surface area contributed by atoms with E-state index in [1.165, 1.54) is 24.8 Å². The molecule has 1 aliphatic rings. The molecular formula is C25H25ClF4N4O3. The highest BCUT2D eigenvalue weighted by atomic mass is 35.5. The summed E-state index contributed by atoms with van der Waals surface area (Å²) < 4.78 is 62.5. The molecule has 37 heavy (non-hydrogen) atoms. The van der Waals surface area contributed by atoms with Crippen molar-refractivity contribution in [1.82, 2.24) is 14.9 Å². The molecule has 4 rings (SSSR count). The van der Waals surface area contributed by atoms with Gasteiger partial charge in [0.15, 0.2) is 0 Å².